The first-order valence-electron chi connectivity index (χ1n) is 8.99. The van der Waals surface area contributed by atoms with Crippen molar-refractivity contribution in [2.75, 3.05) is 7.11 Å². The average molecular weight is 370 g/mol. The highest BCUT2D eigenvalue weighted by Crippen LogP contribution is 2.21. The van der Waals surface area contributed by atoms with Gasteiger partial charge in [0.1, 0.15) is 12.1 Å². The third kappa shape index (κ3) is 2.77. The number of aromatic nitrogens is 6. The van der Waals surface area contributed by atoms with Gasteiger partial charge in [-0.15, -0.1) is 5.10 Å². The van der Waals surface area contributed by atoms with Crippen LogP contribution in [-0.4, -0.2) is 36.5 Å². The molecule has 0 unspecified atom stereocenters. The Kier molecular flexibility index (Phi) is 3.79. The Morgan fingerprint density at radius 2 is 1.89 bits per heavy atom. The van der Waals surface area contributed by atoms with Gasteiger partial charge in [0.15, 0.2) is 17.1 Å². The maximum absolute atomic E-state index is 5.21. The summed E-state index contributed by atoms with van der Waals surface area (Å²) in [7, 11) is 1.66. The zero-order chi connectivity index (χ0) is 19.1. The maximum atomic E-state index is 5.21. The standard InChI is InChI=1S/C21H18N6O/c1-14-4-3-5-16(10-14)27-20-18(12-23-27)21-24-19(25-26(21)13-22-20)11-15-6-8-17(28-2)9-7-15/h3-10,12-13H,11H2,1-2H3. The quantitative estimate of drug-likeness (QED) is 0.485. The second-order valence-electron chi connectivity index (χ2n) is 6.70. The fourth-order valence-electron chi connectivity index (χ4n) is 3.31. The van der Waals surface area contributed by atoms with Gasteiger partial charge in [0.2, 0.25) is 0 Å². The number of nitrogens with zero attached hydrogens (tertiary/aromatic N) is 6. The summed E-state index contributed by atoms with van der Waals surface area (Å²) < 4.78 is 8.75. The Hall–Kier alpha value is -3.74. The normalized spacial score (nSPS) is 11.4. The van der Waals surface area contributed by atoms with E-state index in [0.29, 0.717) is 6.42 Å². The molecular formula is C21H18N6O. The van der Waals surface area contributed by atoms with Crippen LogP contribution in [0.3, 0.4) is 0 Å². The third-order valence-electron chi connectivity index (χ3n) is 4.72. The number of hydrogen-bond acceptors (Lipinski definition) is 5. The molecule has 138 valence electrons. The van der Waals surface area contributed by atoms with E-state index in [4.69, 9.17) is 9.72 Å². The zero-order valence-electron chi connectivity index (χ0n) is 15.6. The van der Waals surface area contributed by atoms with Crippen LogP contribution in [0.4, 0.5) is 0 Å². The number of aryl methyl sites for hydroxylation is 1. The molecule has 0 fully saturated rings. The smallest absolute Gasteiger partial charge is 0.170 e. The number of benzene rings is 2. The van der Waals surface area contributed by atoms with Gasteiger partial charge in [0.05, 0.1) is 24.4 Å². The van der Waals surface area contributed by atoms with Crippen molar-refractivity contribution in [1.29, 1.82) is 0 Å². The topological polar surface area (TPSA) is 70.1 Å². The lowest BCUT2D eigenvalue weighted by atomic mass is 10.1. The molecule has 0 spiro atoms. The highest BCUT2D eigenvalue weighted by atomic mass is 16.5. The van der Waals surface area contributed by atoms with E-state index in [1.54, 1.807) is 24.1 Å². The molecule has 3 aromatic heterocycles. The molecule has 0 atom stereocenters. The number of methoxy groups -OCH3 is 1. The van der Waals surface area contributed by atoms with Crippen LogP contribution in [0, 0.1) is 6.92 Å². The molecule has 28 heavy (non-hydrogen) atoms. The lowest BCUT2D eigenvalue weighted by Crippen LogP contribution is -1.99. The minimum absolute atomic E-state index is 0.638. The Labute approximate surface area is 161 Å². The van der Waals surface area contributed by atoms with Crippen molar-refractivity contribution in [3.05, 3.63) is 78.0 Å². The van der Waals surface area contributed by atoms with Gasteiger partial charge >= 0.3 is 0 Å². The van der Waals surface area contributed by atoms with Crippen LogP contribution in [0.2, 0.25) is 0 Å². The third-order valence-corrected chi connectivity index (χ3v) is 4.72. The van der Waals surface area contributed by atoms with E-state index in [-0.39, 0.29) is 0 Å². The molecule has 3 heterocycles. The van der Waals surface area contributed by atoms with E-state index in [9.17, 15) is 0 Å². The summed E-state index contributed by atoms with van der Waals surface area (Å²) in [5.41, 5.74) is 4.79. The van der Waals surface area contributed by atoms with Gasteiger partial charge in [-0.05, 0) is 42.3 Å². The molecule has 5 rings (SSSR count). The molecular weight excluding hydrogens is 352 g/mol. The molecule has 0 N–H and O–H groups in total. The van der Waals surface area contributed by atoms with Crippen molar-refractivity contribution in [3.8, 4) is 11.4 Å². The van der Waals surface area contributed by atoms with Gasteiger partial charge < -0.3 is 4.74 Å². The van der Waals surface area contributed by atoms with Crippen LogP contribution in [0.1, 0.15) is 17.0 Å². The molecule has 0 radical (unpaired) electrons. The van der Waals surface area contributed by atoms with Crippen LogP contribution in [0.15, 0.2) is 61.1 Å². The van der Waals surface area contributed by atoms with Crippen LogP contribution < -0.4 is 4.74 Å². The van der Waals surface area contributed by atoms with E-state index in [2.05, 4.69) is 34.2 Å². The van der Waals surface area contributed by atoms with Gasteiger partial charge in [-0.2, -0.15) is 5.10 Å². The van der Waals surface area contributed by atoms with E-state index in [1.165, 1.54) is 5.56 Å². The van der Waals surface area contributed by atoms with Gasteiger partial charge in [-0.25, -0.2) is 19.2 Å². The van der Waals surface area contributed by atoms with Gasteiger partial charge in [0, 0.05) is 6.42 Å². The van der Waals surface area contributed by atoms with Crippen molar-refractivity contribution in [3.63, 3.8) is 0 Å². The second-order valence-corrected chi connectivity index (χ2v) is 6.70. The lowest BCUT2D eigenvalue weighted by Gasteiger charge is -2.03. The van der Waals surface area contributed by atoms with Crippen LogP contribution in [0.25, 0.3) is 22.4 Å². The minimum Gasteiger partial charge on any atom is -0.497 e. The molecule has 0 aliphatic heterocycles. The monoisotopic (exact) mass is 370 g/mol. The Morgan fingerprint density at radius 3 is 2.68 bits per heavy atom. The first kappa shape index (κ1) is 16.4. The molecule has 0 bridgehead atoms. The minimum atomic E-state index is 0.638. The number of ether oxygens (including phenoxy) is 1. The summed E-state index contributed by atoms with van der Waals surface area (Å²) >= 11 is 0. The maximum Gasteiger partial charge on any atom is 0.170 e. The van der Waals surface area contributed by atoms with Crippen molar-refractivity contribution >= 4 is 16.7 Å². The van der Waals surface area contributed by atoms with Crippen molar-refractivity contribution in [1.82, 2.24) is 29.4 Å². The summed E-state index contributed by atoms with van der Waals surface area (Å²) in [5, 5.41) is 9.97. The molecule has 7 nitrogen and oxygen atoms in total. The summed E-state index contributed by atoms with van der Waals surface area (Å²) in [6, 6.07) is 16.1. The van der Waals surface area contributed by atoms with E-state index >= 15 is 0 Å². The summed E-state index contributed by atoms with van der Waals surface area (Å²) in [6.07, 6.45) is 4.13. The zero-order valence-corrected chi connectivity index (χ0v) is 15.6. The molecule has 0 aliphatic carbocycles. The van der Waals surface area contributed by atoms with Gasteiger partial charge in [0.25, 0.3) is 0 Å². The van der Waals surface area contributed by atoms with E-state index < -0.39 is 0 Å². The average Bonchev–Trinajstić information content (AvgIpc) is 3.32. The first-order chi connectivity index (χ1) is 13.7. The molecule has 5 aromatic rings. The molecule has 0 saturated heterocycles. The number of hydrogen-bond donors (Lipinski definition) is 0. The van der Waals surface area contributed by atoms with Crippen LogP contribution in [0.5, 0.6) is 5.75 Å². The van der Waals surface area contributed by atoms with Crippen molar-refractivity contribution < 1.29 is 4.74 Å². The molecule has 0 saturated carbocycles. The highest BCUT2D eigenvalue weighted by molar-refractivity contribution is 5.89. The Bertz CT molecular complexity index is 1290. The lowest BCUT2D eigenvalue weighted by molar-refractivity contribution is 0.414. The predicted molar refractivity (Wildman–Crippen MR) is 106 cm³/mol. The van der Waals surface area contributed by atoms with Gasteiger partial charge in [-0.3, -0.25) is 0 Å². The molecule has 2 aromatic carbocycles. The second kappa shape index (κ2) is 6.45. The van der Waals surface area contributed by atoms with Gasteiger partial charge in [-0.1, -0.05) is 24.3 Å². The van der Waals surface area contributed by atoms with Crippen LogP contribution in [-0.2, 0) is 6.42 Å². The van der Waals surface area contributed by atoms with Crippen LogP contribution >= 0.6 is 0 Å². The SMILES string of the molecule is COc1ccc(Cc2nc3c4cnn(-c5cccc(C)c5)c4ncn3n2)cc1. The predicted octanol–water partition coefficient (Wildman–Crippen LogP) is 3.37. The number of rotatable bonds is 4. The summed E-state index contributed by atoms with van der Waals surface area (Å²) in [5.74, 6) is 1.57. The van der Waals surface area contributed by atoms with E-state index in [1.807, 2.05) is 41.1 Å². The molecule has 0 amide bonds. The number of fused-ring (bicyclic) bond motifs is 3. The largest absolute Gasteiger partial charge is 0.497 e. The van der Waals surface area contributed by atoms with E-state index in [0.717, 1.165) is 39.5 Å². The first-order valence-corrected chi connectivity index (χ1v) is 8.99. The fourth-order valence-corrected chi connectivity index (χ4v) is 3.31. The fraction of sp³-hybridized carbons (Fsp3) is 0.143. The summed E-state index contributed by atoms with van der Waals surface area (Å²) in [4.78, 5) is 9.29. The molecule has 7 heteroatoms. The van der Waals surface area contributed by atoms with Crippen molar-refractivity contribution in [2.24, 2.45) is 0 Å². The Balaban J connectivity index is 1.55. The highest BCUT2D eigenvalue weighted by Gasteiger charge is 2.14. The summed E-state index contributed by atoms with van der Waals surface area (Å²) in [6.45, 7) is 2.06. The molecule has 0 aliphatic rings. The van der Waals surface area contributed by atoms with Crippen molar-refractivity contribution in [2.45, 2.75) is 13.3 Å². The Morgan fingerprint density at radius 1 is 1.04 bits per heavy atom.